The van der Waals surface area contributed by atoms with Crippen molar-refractivity contribution in [3.63, 3.8) is 0 Å². The van der Waals surface area contributed by atoms with E-state index in [0.717, 1.165) is 22.6 Å². The van der Waals surface area contributed by atoms with Crippen LogP contribution in [0.5, 0.6) is 0 Å². The molecule has 0 atom stereocenters. The molecule has 1 aromatic heterocycles. The number of carbonyl (C=O) groups is 1. The predicted octanol–water partition coefficient (Wildman–Crippen LogP) is 4.50. The van der Waals surface area contributed by atoms with Gasteiger partial charge in [0.25, 0.3) is 0 Å². The molecule has 1 N–H and O–H groups in total. The lowest BCUT2D eigenvalue weighted by molar-refractivity contribution is 0.186. The van der Waals surface area contributed by atoms with Gasteiger partial charge in [-0.1, -0.05) is 60.7 Å². The molecule has 0 spiro atoms. The molecule has 25 heavy (non-hydrogen) atoms. The quantitative estimate of drug-likeness (QED) is 0.721. The standard InChI is InChI=1S/C21H22N2O2/c1-17-12-13-20(25-17)16-23(15-19-10-6-3-7-11-19)21(24)22-14-18-8-4-2-5-9-18/h2-13H,14-16H2,1H3,(H,22,24). The van der Waals surface area contributed by atoms with Crippen molar-refractivity contribution < 1.29 is 9.21 Å². The molecule has 2 aromatic carbocycles. The molecule has 0 radical (unpaired) electrons. The Morgan fingerprint density at radius 1 is 0.880 bits per heavy atom. The summed E-state index contributed by atoms with van der Waals surface area (Å²) in [4.78, 5) is 14.5. The molecule has 3 aromatic rings. The lowest BCUT2D eigenvalue weighted by Gasteiger charge is -2.22. The number of rotatable bonds is 6. The van der Waals surface area contributed by atoms with Gasteiger partial charge in [-0.05, 0) is 30.2 Å². The molecule has 0 saturated heterocycles. The van der Waals surface area contributed by atoms with E-state index < -0.39 is 0 Å². The average Bonchev–Trinajstić information content (AvgIpc) is 3.06. The molecule has 0 aliphatic rings. The van der Waals surface area contributed by atoms with Crippen LogP contribution in [-0.2, 0) is 19.6 Å². The van der Waals surface area contributed by atoms with Gasteiger partial charge < -0.3 is 14.6 Å². The summed E-state index contributed by atoms with van der Waals surface area (Å²) >= 11 is 0. The molecule has 128 valence electrons. The molecule has 0 fully saturated rings. The van der Waals surface area contributed by atoms with E-state index in [0.29, 0.717) is 19.6 Å². The molecule has 0 aliphatic carbocycles. The van der Waals surface area contributed by atoms with Gasteiger partial charge in [0.1, 0.15) is 11.5 Å². The van der Waals surface area contributed by atoms with E-state index >= 15 is 0 Å². The van der Waals surface area contributed by atoms with E-state index in [9.17, 15) is 4.79 Å². The van der Waals surface area contributed by atoms with Crippen LogP contribution >= 0.6 is 0 Å². The van der Waals surface area contributed by atoms with Gasteiger partial charge in [0, 0.05) is 13.1 Å². The first kappa shape index (κ1) is 16.8. The highest BCUT2D eigenvalue weighted by atomic mass is 16.3. The number of nitrogens with zero attached hydrogens (tertiary/aromatic N) is 1. The largest absolute Gasteiger partial charge is 0.464 e. The Balaban J connectivity index is 1.69. The van der Waals surface area contributed by atoms with Crippen LogP contribution in [0.15, 0.2) is 77.2 Å². The van der Waals surface area contributed by atoms with Gasteiger partial charge in [-0.25, -0.2) is 4.79 Å². The third-order valence-corrected chi connectivity index (χ3v) is 3.93. The zero-order valence-corrected chi connectivity index (χ0v) is 14.3. The molecule has 2 amide bonds. The van der Waals surface area contributed by atoms with Gasteiger partial charge >= 0.3 is 6.03 Å². The fourth-order valence-corrected chi connectivity index (χ4v) is 2.65. The van der Waals surface area contributed by atoms with Crippen molar-refractivity contribution in [3.8, 4) is 0 Å². The van der Waals surface area contributed by atoms with Gasteiger partial charge in [0.2, 0.25) is 0 Å². The van der Waals surface area contributed by atoms with Crippen LogP contribution < -0.4 is 5.32 Å². The number of hydrogen-bond donors (Lipinski definition) is 1. The smallest absolute Gasteiger partial charge is 0.318 e. The average molecular weight is 334 g/mol. The lowest BCUT2D eigenvalue weighted by atomic mass is 10.2. The first-order valence-corrected chi connectivity index (χ1v) is 8.36. The zero-order valence-electron chi connectivity index (χ0n) is 14.3. The number of amides is 2. The Hall–Kier alpha value is -3.01. The molecule has 0 aliphatic heterocycles. The monoisotopic (exact) mass is 334 g/mol. The highest BCUT2D eigenvalue weighted by Crippen LogP contribution is 2.13. The minimum Gasteiger partial charge on any atom is -0.464 e. The van der Waals surface area contributed by atoms with Crippen LogP contribution in [0.1, 0.15) is 22.6 Å². The van der Waals surface area contributed by atoms with E-state index in [1.165, 1.54) is 0 Å². The Morgan fingerprint density at radius 3 is 2.12 bits per heavy atom. The molecule has 0 saturated carbocycles. The third-order valence-electron chi connectivity index (χ3n) is 3.93. The number of benzene rings is 2. The van der Waals surface area contributed by atoms with Gasteiger partial charge in [-0.15, -0.1) is 0 Å². The Kier molecular flexibility index (Phi) is 5.52. The van der Waals surface area contributed by atoms with Gasteiger partial charge in [0.05, 0.1) is 6.54 Å². The fourth-order valence-electron chi connectivity index (χ4n) is 2.65. The highest BCUT2D eigenvalue weighted by Gasteiger charge is 2.16. The van der Waals surface area contributed by atoms with Crippen LogP contribution in [-0.4, -0.2) is 10.9 Å². The van der Waals surface area contributed by atoms with Crippen LogP contribution in [0, 0.1) is 6.92 Å². The van der Waals surface area contributed by atoms with Crippen LogP contribution in [0.2, 0.25) is 0 Å². The van der Waals surface area contributed by atoms with Crippen LogP contribution in [0.4, 0.5) is 4.79 Å². The van der Waals surface area contributed by atoms with Crippen molar-refractivity contribution in [1.29, 1.82) is 0 Å². The second-order valence-corrected chi connectivity index (χ2v) is 6.00. The summed E-state index contributed by atoms with van der Waals surface area (Å²) in [5.41, 5.74) is 2.16. The van der Waals surface area contributed by atoms with Crippen LogP contribution in [0.3, 0.4) is 0 Å². The molecular formula is C21H22N2O2. The summed E-state index contributed by atoms with van der Waals surface area (Å²) in [5.74, 6) is 1.63. The molecule has 4 nitrogen and oxygen atoms in total. The van der Waals surface area contributed by atoms with Crippen molar-refractivity contribution in [2.75, 3.05) is 0 Å². The summed E-state index contributed by atoms with van der Waals surface area (Å²) in [6.45, 7) is 3.37. The van der Waals surface area contributed by atoms with E-state index in [4.69, 9.17) is 4.42 Å². The maximum absolute atomic E-state index is 12.7. The second kappa shape index (κ2) is 8.20. The van der Waals surface area contributed by atoms with Crippen molar-refractivity contribution in [2.45, 2.75) is 26.6 Å². The van der Waals surface area contributed by atoms with Gasteiger partial charge in [0.15, 0.2) is 0 Å². The van der Waals surface area contributed by atoms with Crippen molar-refractivity contribution in [1.82, 2.24) is 10.2 Å². The summed E-state index contributed by atoms with van der Waals surface area (Å²) in [6, 6.07) is 23.6. The number of nitrogens with one attached hydrogen (secondary N) is 1. The predicted molar refractivity (Wildman–Crippen MR) is 97.8 cm³/mol. The summed E-state index contributed by atoms with van der Waals surface area (Å²) in [5, 5.41) is 2.99. The van der Waals surface area contributed by atoms with E-state index in [1.54, 1.807) is 4.90 Å². The minimum absolute atomic E-state index is 0.109. The lowest BCUT2D eigenvalue weighted by Crippen LogP contribution is -2.38. The van der Waals surface area contributed by atoms with Crippen molar-refractivity contribution >= 4 is 6.03 Å². The third kappa shape index (κ3) is 4.98. The van der Waals surface area contributed by atoms with Crippen molar-refractivity contribution in [3.05, 3.63) is 95.4 Å². The van der Waals surface area contributed by atoms with E-state index in [-0.39, 0.29) is 6.03 Å². The van der Waals surface area contributed by atoms with Gasteiger partial charge in [-0.3, -0.25) is 0 Å². The molecule has 0 bridgehead atoms. The molecule has 1 heterocycles. The minimum atomic E-state index is -0.109. The number of aryl methyl sites for hydroxylation is 1. The first-order valence-electron chi connectivity index (χ1n) is 8.36. The molecule has 0 unspecified atom stereocenters. The Labute approximate surface area is 148 Å². The fraction of sp³-hybridized carbons (Fsp3) is 0.190. The first-order chi connectivity index (χ1) is 12.2. The topological polar surface area (TPSA) is 45.5 Å². The summed E-state index contributed by atoms with van der Waals surface area (Å²) in [7, 11) is 0. The van der Waals surface area contributed by atoms with Crippen molar-refractivity contribution in [2.24, 2.45) is 0 Å². The number of carbonyl (C=O) groups excluding carboxylic acids is 1. The number of hydrogen-bond acceptors (Lipinski definition) is 2. The van der Waals surface area contributed by atoms with Gasteiger partial charge in [-0.2, -0.15) is 0 Å². The summed E-state index contributed by atoms with van der Waals surface area (Å²) < 4.78 is 5.64. The second-order valence-electron chi connectivity index (χ2n) is 6.00. The normalized spacial score (nSPS) is 10.4. The number of furan rings is 1. The van der Waals surface area contributed by atoms with E-state index in [2.05, 4.69) is 5.32 Å². The molecular weight excluding hydrogens is 312 g/mol. The maximum atomic E-state index is 12.7. The number of urea groups is 1. The molecule has 4 heteroatoms. The SMILES string of the molecule is Cc1ccc(CN(Cc2ccccc2)C(=O)NCc2ccccc2)o1. The molecule has 3 rings (SSSR count). The summed E-state index contributed by atoms with van der Waals surface area (Å²) in [6.07, 6.45) is 0. The van der Waals surface area contributed by atoms with Crippen LogP contribution in [0.25, 0.3) is 0 Å². The Morgan fingerprint density at radius 2 is 1.52 bits per heavy atom. The Bertz CT molecular complexity index is 797. The maximum Gasteiger partial charge on any atom is 0.318 e. The zero-order chi connectivity index (χ0) is 17.5. The van der Waals surface area contributed by atoms with E-state index in [1.807, 2.05) is 79.7 Å². The highest BCUT2D eigenvalue weighted by molar-refractivity contribution is 5.74.